The maximum atomic E-state index is 11.3. The predicted molar refractivity (Wildman–Crippen MR) is 44.3 cm³/mol. The van der Waals surface area contributed by atoms with Crippen molar-refractivity contribution in [1.82, 2.24) is 0 Å². The van der Waals surface area contributed by atoms with Crippen LogP contribution in [0.4, 0.5) is 0 Å². The SMILES string of the molecule is NCCS(=O)C1CCCC1. The molecule has 60 valence electrons. The van der Waals surface area contributed by atoms with Gasteiger partial charge in [0.1, 0.15) is 0 Å². The summed E-state index contributed by atoms with van der Waals surface area (Å²) in [5.41, 5.74) is 5.30. The van der Waals surface area contributed by atoms with Crippen LogP contribution >= 0.6 is 0 Å². The van der Waals surface area contributed by atoms with Crippen molar-refractivity contribution in [2.45, 2.75) is 30.9 Å². The molecule has 2 nitrogen and oxygen atoms in total. The Hall–Kier alpha value is 0.110. The van der Waals surface area contributed by atoms with E-state index in [-0.39, 0.29) is 0 Å². The second-order valence-electron chi connectivity index (χ2n) is 2.78. The zero-order valence-electron chi connectivity index (χ0n) is 6.21. The van der Waals surface area contributed by atoms with Crippen LogP contribution in [0.15, 0.2) is 0 Å². The largest absolute Gasteiger partial charge is 0.330 e. The molecule has 0 heterocycles. The Morgan fingerprint density at radius 1 is 1.40 bits per heavy atom. The van der Waals surface area contributed by atoms with E-state index in [1.54, 1.807) is 0 Å². The van der Waals surface area contributed by atoms with Gasteiger partial charge in [-0.1, -0.05) is 12.8 Å². The van der Waals surface area contributed by atoms with Gasteiger partial charge in [-0.3, -0.25) is 4.21 Å². The van der Waals surface area contributed by atoms with Gasteiger partial charge in [0, 0.05) is 28.3 Å². The van der Waals surface area contributed by atoms with E-state index in [1.807, 2.05) is 0 Å². The molecule has 0 aliphatic heterocycles. The lowest BCUT2D eigenvalue weighted by atomic mass is 10.4. The molecule has 0 amide bonds. The summed E-state index contributed by atoms with van der Waals surface area (Å²) in [4.78, 5) is 0. The first-order valence-electron chi connectivity index (χ1n) is 3.92. The number of hydrogen-bond donors (Lipinski definition) is 1. The van der Waals surface area contributed by atoms with E-state index in [2.05, 4.69) is 0 Å². The molecule has 0 spiro atoms. The summed E-state index contributed by atoms with van der Waals surface area (Å²) in [5.74, 6) is 0.699. The van der Waals surface area contributed by atoms with Crippen molar-refractivity contribution in [3.8, 4) is 0 Å². The monoisotopic (exact) mass is 161 g/mol. The van der Waals surface area contributed by atoms with Gasteiger partial charge in [-0.2, -0.15) is 0 Å². The molecule has 0 saturated heterocycles. The molecule has 2 N–H and O–H groups in total. The number of hydrogen-bond acceptors (Lipinski definition) is 2. The van der Waals surface area contributed by atoms with E-state index < -0.39 is 10.8 Å². The highest BCUT2D eigenvalue weighted by atomic mass is 32.2. The van der Waals surface area contributed by atoms with Gasteiger partial charge < -0.3 is 5.73 Å². The molecule has 1 unspecified atom stereocenters. The fourth-order valence-electron chi connectivity index (χ4n) is 1.43. The summed E-state index contributed by atoms with van der Waals surface area (Å²) in [5, 5.41) is 0.476. The fourth-order valence-corrected chi connectivity index (χ4v) is 2.86. The highest BCUT2D eigenvalue weighted by Crippen LogP contribution is 2.22. The van der Waals surface area contributed by atoms with Gasteiger partial charge in [0.2, 0.25) is 0 Å². The van der Waals surface area contributed by atoms with Crippen LogP contribution in [0, 0.1) is 0 Å². The summed E-state index contributed by atoms with van der Waals surface area (Å²) < 4.78 is 11.3. The van der Waals surface area contributed by atoms with Crippen LogP contribution in [0.3, 0.4) is 0 Å². The first-order valence-corrected chi connectivity index (χ1v) is 5.30. The van der Waals surface area contributed by atoms with E-state index in [0.717, 1.165) is 12.8 Å². The van der Waals surface area contributed by atoms with Crippen LogP contribution in [-0.4, -0.2) is 21.8 Å². The molecule has 0 bridgehead atoms. The fraction of sp³-hybridized carbons (Fsp3) is 1.00. The summed E-state index contributed by atoms with van der Waals surface area (Å²) in [6.07, 6.45) is 4.85. The average molecular weight is 161 g/mol. The van der Waals surface area contributed by atoms with Crippen molar-refractivity contribution >= 4 is 10.8 Å². The van der Waals surface area contributed by atoms with Crippen molar-refractivity contribution < 1.29 is 4.21 Å². The normalized spacial score (nSPS) is 23.3. The molecule has 1 aliphatic carbocycles. The lowest BCUT2D eigenvalue weighted by molar-refractivity contribution is 0.669. The minimum Gasteiger partial charge on any atom is -0.330 e. The Morgan fingerprint density at radius 2 is 2.00 bits per heavy atom. The Bertz CT molecular complexity index is 121. The topological polar surface area (TPSA) is 43.1 Å². The van der Waals surface area contributed by atoms with Crippen LogP contribution in [0.5, 0.6) is 0 Å². The van der Waals surface area contributed by atoms with E-state index in [9.17, 15) is 4.21 Å². The lowest BCUT2D eigenvalue weighted by Gasteiger charge is -2.06. The summed E-state index contributed by atoms with van der Waals surface area (Å²) in [6, 6.07) is 0. The van der Waals surface area contributed by atoms with E-state index in [0.29, 0.717) is 17.5 Å². The Kier molecular flexibility index (Phi) is 3.35. The van der Waals surface area contributed by atoms with Gasteiger partial charge in [-0.05, 0) is 12.8 Å². The molecule has 0 aromatic carbocycles. The van der Waals surface area contributed by atoms with Crippen LogP contribution in [-0.2, 0) is 10.8 Å². The summed E-state index contributed by atoms with van der Waals surface area (Å²) >= 11 is 0. The molecule has 0 aromatic rings. The van der Waals surface area contributed by atoms with Crippen molar-refractivity contribution in [2.75, 3.05) is 12.3 Å². The van der Waals surface area contributed by atoms with Gasteiger partial charge in [-0.15, -0.1) is 0 Å². The zero-order chi connectivity index (χ0) is 7.40. The van der Waals surface area contributed by atoms with Crippen LogP contribution < -0.4 is 5.73 Å². The van der Waals surface area contributed by atoms with E-state index >= 15 is 0 Å². The second kappa shape index (κ2) is 4.09. The first-order chi connectivity index (χ1) is 4.84. The standard InChI is InChI=1S/C7H15NOS/c8-5-6-10(9)7-3-1-2-4-7/h7H,1-6,8H2. The minimum absolute atomic E-state index is 0.476. The third kappa shape index (κ3) is 2.06. The minimum atomic E-state index is -0.620. The van der Waals surface area contributed by atoms with Crippen molar-refractivity contribution in [1.29, 1.82) is 0 Å². The highest BCUT2D eigenvalue weighted by Gasteiger charge is 2.19. The van der Waals surface area contributed by atoms with Crippen LogP contribution in [0.25, 0.3) is 0 Å². The predicted octanol–water partition coefficient (Wildman–Crippen LogP) is 0.636. The van der Waals surface area contributed by atoms with Gasteiger partial charge in [-0.25, -0.2) is 0 Å². The number of nitrogens with two attached hydrogens (primary N) is 1. The Balaban J connectivity index is 2.25. The van der Waals surface area contributed by atoms with Crippen LogP contribution in [0.2, 0.25) is 0 Å². The first kappa shape index (κ1) is 8.21. The molecule has 1 saturated carbocycles. The van der Waals surface area contributed by atoms with Crippen molar-refractivity contribution in [3.63, 3.8) is 0 Å². The Morgan fingerprint density at radius 3 is 2.50 bits per heavy atom. The molecular formula is C7H15NOS. The van der Waals surface area contributed by atoms with Crippen LogP contribution in [0.1, 0.15) is 25.7 Å². The third-order valence-electron chi connectivity index (χ3n) is 1.99. The van der Waals surface area contributed by atoms with Gasteiger partial charge in [0.05, 0.1) is 0 Å². The van der Waals surface area contributed by atoms with Gasteiger partial charge in [0.25, 0.3) is 0 Å². The summed E-state index contributed by atoms with van der Waals surface area (Å²) in [7, 11) is -0.620. The average Bonchev–Trinajstić information content (AvgIpc) is 2.38. The third-order valence-corrected chi connectivity index (χ3v) is 3.85. The Labute approximate surface area is 64.6 Å². The smallest absolute Gasteiger partial charge is 0.0360 e. The van der Waals surface area contributed by atoms with Gasteiger partial charge in [0.15, 0.2) is 0 Å². The molecule has 1 aliphatic rings. The molecule has 0 radical (unpaired) electrons. The molecule has 3 heteroatoms. The summed E-state index contributed by atoms with van der Waals surface area (Å²) in [6.45, 7) is 0.573. The van der Waals surface area contributed by atoms with Crippen molar-refractivity contribution in [2.24, 2.45) is 5.73 Å². The zero-order valence-corrected chi connectivity index (χ0v) is 7.03. The molecule has 1 rings (SSSR count). The highest BCUT2D eigenvalue weighted by molar-refractivity contribution is 7.85. The second-order valence-corrected chi connectivity index (χ2v) is 4.62. The van der Waals surface area contributed by atoms with Gasteiger partial charge >= 0.3 is 0 Å². The van der Waals surface area contributed by atoms with E-state index in [4.69, 9.17) is 5.73 Å². The van der Waals surface area contributed by atoms with E-state index in [1.165, 1.54) is 12.8 Å². The maximum absolute atomic E-state index is 11.3. The molecule has 0 aromatic heterocycles. The maximum Gasteiger partial charge on any atom is 0.0360 e. The lowest BCUT2D eigenvalue weighted by Crippen LogP contribution is -2.19. The molecule has 1 atom stereocenters. The quantitative estimate of drug-likeness (QED) is 0.660. The number of rotatable bonds is 3. The molecule has 1 fully saturated rings. The van der Waals surface area contributed by atoms with Crippen molar-refractivity contribution in [3.05, 3.63) is 0 Å². The molecule has 10 heavy (non-hydrogen) atoms. The molecular weight excluding hydrogens is 146 g/mol.